The van der Waals surface area contributed by atoms with Crippen LogP contribution in [0.2, 0.25) is 0 Å². The number of rotatable bonds is 7. The Morgan fingerprint density at radius 3 is 2.61 bits per heavy atom. The highest BCUT2D eigenvalue weighted by Gasteiger charge is 2.21. The molecule has 0 heterocycles. The number of nitrogens with one attached hydrogen (secondary N) is 1. The summed E-state index contributed by atoms with van der Waals surface area (Å²) >= 11 is 0. The molecule has 2 atom stereocenters. The predicted octanol–water partition coefficient (Wildman–Crippen LogP) is 3.92. The molecule has 3 heteroatoms. The molecular weight excluding hydrogens is 229 g/mol. The summed E-state index contributed by atoms with van der Waals surface area (Å²) < 4.78 is 18.8. The average molecular weight is 253 g/mol. The summed E-state index contributed by atoms with van der Waals surface area (Å²) in [6.07, 6.45) is 2.10. The van der Waals surface area contributed by atoms with E-state index in [2.05, 4.69) is 26.1 Å². The van der Waals surface area contributed by atoms with Crippen LogP contribution in [0.4, 0.5) is 4.39 Å². The van der Waals surface area contributed by atoms with Gasteiger partial charge < -0.3 is 10.1 Å². The van der Waals surface area contributed by atoms with Crippen molar-refractivity contribution in [2.45, 2.75) is 39.7 Å². The van der Waals surface area contributed by atoms with Gasteiger partial charge in [0.15, 0.2) is 0 Å². The molecule has 1 N–H and O–H groups in total. The van der Waals surface area contributed by atoms with Gasteiger partial charge in [0.05, 0.1) is 7.11 Å². The van der Waals surface area contributed by atoms with Gasteiger partial charge in [0.1, 0.15) is 11.6 Å². The molecule has 0 radical (unpaired) electrons. The summed E-state index contributed by atoms with van der Waals surface area (Å²) in [6, 6.07) is 4.86. The topological polar surface area (TPSA) is 21.3 Å². The SMILES string of the molecule is CCCNC(c1cc(F)ccc1OC)C(C)CC. The predicted molar refractivity (Wildman–Crippen MR) is 73.4 cm³/mol. The maximum Gasteiger partial charge on any atom is 0.123 e. The Balaban J connectivity index is 3.05. The maximum absolute atomic E-state index is 13.5. The zero-order valence-corrected chi connectivity index (χ0v) is 11.8. The van der Waals surface area contributed by atoms with Gasteiger partial charge in [-0.15, -0.1) is 0 Å². The largest absolute Gasteiger partial charge is 0.496 e. The van der Waals surface area contributed by atoms with Crippen molar-refractivity contribution in [3.63, 3.8) is 0 Å². The molecule has 1 rings (SSSR count). The minimum atomic E-state index is -0.211. The standard InChI is InChI=1S/C15H24FNO/c1-5-9-17-15(11(3)6-2)13-10-12(16)7-8-14(13)18-4/h7-8,10-11,15,17H,5-6,9H2,1-4H3. The Kier molecular flexibility index (Phi) is 6.13. The highest BCUT2D eigenvalue weighted by atomic mass is 19.1. The molecule has 0 fully saturated rings. The van der Waals surface area contributed by atoms with Crippen molar-refractivity contribution in [1.82, 2.24) is 5.32 Å². The van der Waals surface area contributed by atoms with Crippen molar-refractivity contribution in [3.8, 4) is 5.75 Å². The van der Waals surface area contributed by atoms with E-state index in [1.807, 2.05) is 0 Å². The van der Waals surface area contributed by atoms with Crippen molar-refractivity contribution in [2.75, 3.05) is 13.7 Å². The number of halogens is 1. The lowest BCUT2D eigenvalue weighted by Gasteiger charge is -2.26. The van der Waals surface area contributed by atoms with Gasteiger partial charge in [-0.25, -0.2) is 4.39 Å². The van der Waals surface area contributed by atoms with E-state index in [0.29, 0.717) is 5.92 Å². The van der Waals surface area contributed by atoms with Crippen LogP contribution in [-0.2, 0) is 0 Å². The molecule has 2 unspecified atom stereocenters. The van der Waals surface area contributed by atoms with Gasteiger partial charge in [-0.1, -0.05) is 27.2 Å². The normalized spacial score (nSPS) is 14.3. The number of ether oxygens (including phenoxy) is 1. The molecule has 1 aromatic rings. The van der Waals surface area contributed by atoms with Gasteiger partial charge in [0.2, 0.25) is 0 Å². The van der Waals surface area contributed by atoms with Gasteiger partial charge in [-0.2, -0.15) is 0 Å². The molecule has 102 valence electrons. The molecule has 0 bridgehead atoms. The molecule has 0 aliphatic heterocycles. The Hall–Kier alpha value is -1.09. The Morgan fingerprint density at radius 1 is 1.33 bits per heavy atom. The second-order valence-corrected chi connectivity index (χ2v) is 4.70. The molecule has 0 saturated heterocycles. The monoisotopic (exact) mass is 253 g/mol. The summed E-state index contributed by atoms with van der Waals surface area (Å²) in [4.78, 5) is 0. The van der Waals surface area contributed by atoms with E-state index in [0.717, 1.165) is 30.7 Å². The first kappa shape index (κ1) is 15.0. The van der Waals surface area contributed by atoms with Crippen molar-refractivity contribution in [3.05, 3.63) is 29.6 Å². The van der Waals surface area contributed by atoms with E-state index in [9.17, 15) is 4.39 Å². The quantitative estimate of drug-likeness (QED) is 0.795. The van der Waals surface area contributed by atoms with E-state index in [-0.39, 0.29) is 11.9 Å². The molecule has 2 nitrogen and oxygen atoms in total. The minimum absolute atomic E-state index is 0.139. The molecule has 0 aliphatic carbocycles. The van der Waals surface area contributed by atoms with Gasteiger partial charge in [-0.05, 0) is 37.1 Å². The average Bonchev–Trinajstić information content (AvgIpc) is 2.39. The van der Waals surface area contributed by atoms with Crippen molar-refractivity contribution in [1.29, 1.82) is 0 Å². The fourth-order valence-electron chi connectivity index (χ4n) is 2.10. The number of methoxy groups -OCH3 is 1. The molecule has 0 amide bonds. The fraction of sp³-hybridized carbons (Fsp3) is 0.600. The summed E-state index contributed by atoms with van der Waals surface area (Å²) in [6.45, 7) is 7.38. The second-order valence-electron chi connectivity index (χ2n) is 4.70. The van der Waals surface area contributed by atoms with Gasteiger partial charge >= 0.3 is 0 Å². The third-order valence-corrected chi connectivity index (χ3v) is 3.35. The summed E-state index contributed by atoms with van der Waals surface area (Å²) in [5.74, 6) is 0.981. The maximum atomic E-state index is 13.5. The lowest BCUT2D eigenvalue weighted by Crippen LogP contribution is -2.28. The van der Waals surface area contributed by atoms with Crippen LogP contribution in [-0.4, -0.2) is 13.7 Å². The Morgan fingerprint density at radius 2 is 2.06 bits per heavy atom. The third-order valence-electron chi connectivity index (χ3n) is 3.35. The zero-order valence-electron chi connectivity index (χ0n) is 11.8. The summed E-state index contributed by atoms with van der Waals surface area (Å²) in [7, 11) is 1.63. The third kappa shape index (κ3) is 3.70. The fourth-order valence-corrected chi connectivity index (χ4v) is 2.10. The van der Waals surface area contributed by atoms with Crippen LogP contribution < -0.4 is 10.1 Å². The molecule has 0 saturated carbocycles. The van der Waals surface area contributed by atoms with Crippen LogP contribution in [0.15, 0.2) is 18.2 Å². The highest BCUT2D eigenvalue weighted by Crippen LogP contribution is 2.32. The second kappa shape index (κ2) is 7.37. The van der Waals surface area contributed by atoms with E-state index in [1.165, 1.54) is 6.07 Å². The van der Waals surface area contributed by atoms with E-state index >= 15 is 0 Å². The smallest absolute Gasteiger partial charge is 0.123 e. The van der Waals surface area contributed by atoms with E-state index in [1.54, 1.807) is 19.2 Å². The molecule has 1 aromatic carbocycles. The van der Waals surface area contributed by atoms with Crippen LogP contribution in [0.3, 0.4) is 0 Å². The molecule has 0 spiro atoms. The van der Waals surface area contributed by atoms with Crippen LogP contribution >= 0.6 is 0 Å². The lowest BCUT2D eigenvalue weighted by molar-refractivity contribution is 0.349. The first-order chi connectivity index (χ1) is 8.63. The van der Waals surface area contributed by atoms with E-state index in [4.69, 9.17) is 4.74 Å². The number of benzene rings is 1. The van der Waals surface area contributed by atoms with Crippen LogP contribution in [0.25, 0.3) is 0 Å². The minimum Gasteiger partial charge on any atom is -0.496 e. The lowest BCUT2D eigenvalue weighted by atomic mass is 9.91. The number of hydrogen-bond donors (Lipinski definition) is 1. The zero-order chi connectivity index (χ0) is 13.5. The van der Waals surface area contributed by atoms with Gasteiger partial charge in [0.25, 0.3) is 0 Å². The van der Waals surface area contributed by atoms with Crippen LogP contribution in [0.1, 0.15) is 45.2 Å². The molecule has 18 heavy (non-hydrogen) atoms. The van der Waals surface area contributed by atoms with Crippen molar-refractivity contribution in [2.24, 2.45) is 5.92 Å². The highest BCUT2D eigenvalue weighted by molar-refractivity contribution is 5.36. The summed E-state index contributed by atoms with van der Waals surface area (Å²) in [5, 5.41) is 3.49. The summed E-state index contributed by atoms with van der Waals surface area (Å²) in [5.41, 5.74) is 0.917. The van der Waals surface area contributed by atoms with Crippen molar-refractivity contribution >= 4 is 0 Å². The first-order valence-corrected chi connectivity index (χ1v) is 6.70. The molecule has 0 aliphatic rings. The molecular formula is C15H24FNO. The number of hydrogen-bond acceptors (Lipinski definition) is 2. The molecule has 0 aromatic heterocycles. The van der Waals surface area contributed by atoms with Crippen LogP contribution in [0, 0.1) is 11.7 Å². The Labute approximate surface area is 110 Å². The first-order valence-electron chi connectivity index (χ1n) is 6.70. The van der Waals surface area contributed by atoms with Crippen molar-refractivity contribution < 1.29 is 9.13 Å². The Bertz CT molecular complexity index is 368. The van der Waals surface area contributed by atoms with Crippen LogP contribution in [0.5, 0.6) is 5.75 Å². The van der Waals surface area contributed by atoms with Gasteiger partial charge in [-0.3, -0.25) is 0 Å². The van der Waals surface area contributed by atoms with E-state index < -0.39 is 0 Å². The van der Waals surface area contributed by atoms with Gasteiger partial charge in [0, 0.05) is 11.6 Å².